The van der Waals surface area contributed by atoms with Gasteiger partial charge in [-0.2, -0.15) is 0 Å². The molecule has 0 bridgehead atoms. The standard InChI is InChI=1S/C14H14FNO2S/c1-8-3-6-13(19-8)9(2)16-14(18)11-5-4-10(15)7-12(11)17/h3-7,9,17H,1-2H3,(H,16,18). The molecule has 0 fully saturated rings. The molecule has 1 atom stereocenters. The van der Waals surface area contributed by atoms with Crippen LogP contribution >= 0.6 is 11.3 Å². The molecule has 1 unspecified atom stereocenters. The van der Waals surface area contributed by atoms with Gasteiger partial charge in [0.15, 0.2) is 0 Å². The topological polar surface area (TPSA) is 49.3 Å². The smallest absolute Gasteiger partial charge is 0.255 e. The van der Waals surface area contributed by atoms with Crippen LogP contribution in [0.25, 0.3) is 0 Å². The Hall–Kier alpha value is -1.88. The molecule has 19 heavy (non-hydrogen) atoms. The van der Waals surface area contributed by atoms with Crippen LogP contribution in [0.2, 0.25) is 0 Å². The van der Waals surface area contributed by atoms with Crippen LogP contribution in [0.3, 0.4) is 0 Å². The number of carbonyl (C=O) groups excluding carboxylic acids is 1. The highest BCUT2D eigenvalue weighted by atomic mass is 32.1. The maximum absolute atomic E-state index is 12.9. The average Bonchev–Trinajstić information content (AvgIpc) is 2.75. The predicted molar refractivity (Wildman–Crippen MR) is 73.0 cm³/mol. The van der Waals surface area contributed by atoms with Crippen LogP contribution in [0.5, 0.6) is 5.75 Å². The number of amides is 1. The number of rotatable bonds is 3. The van der Waals surface area contributed by atoms with Crippen molar-refractivity contribution < 1.29 is 14.3 Å². The van der Waals surface area contributed by atoms with Crippen molar-refractivity contribution in [3.8, 4) is 5.75 Å². The van der Waals surface area contributed by atoms with E-state index in [0.717, 1.165) is 17.0 Å². The Morgan fingerprint density at radius 2 is 2.11 bits per heavy atom. The molecule has 0 spiro atoms. The number of hydrogen-bond donors (Lipinski definition) is 2. The Bertz CT molecular complexity index is 609. The monoisotopic (exact) mass is 279 g/mol. The van der Waals surface area contributed by atoms with Crippen molar-refractivity contribution >= 4 is 17.2 Å². The molecule has 0 radical (unpaired) electrons. The van der Waals surface area contributed by atoms with Crippen LogP contribution in [-0.4, -0.2) is 11.0 Å². The van der Waals surface area contributed by atoms with E-state index in [1.54, 1.807) is 11.3 Å². The zero-order valence-corrected chi connectivity index (χ0v) is 11.4. The van der Waals surface area contributed by atoms with Gasteiger partial charge in [0.05, 0.1) is 11.6 Å². The molecule has 2 aromatic rings. The molecule has 2 N–H and O–H groups in total. The first-order valence-electron chi connectivity index (χ1n) is 5.83. The van der Waals surface area contributed by atoms with E-state index in [1.807, 2.05) is 26.0 Å². The number of phenolic OH excluding ortho intramolecular Hbond substituents is 1. The number of hydrogen-bond acceptors (Lipinski definition) is 3. The van der Waals surface area contributed by atoms with Gasteiger partial charge in [-0.05, 0) is 38.1 Å². The molecular formula is C14H14FNO2S. The first-order valence-corrected chi connectivity index (χ1v) is 6.64. The van der Waals surface area contributed by atoms with Gasteiger partial charge in [-0.15, -0.1) is 11.3 Å². The van der Waals surface area contributed by atoms with Crippen molar-refractivity contribution in [1.29, 1.82) is 0 Å². The molecule has 1 amide bonds. The van der Waals surface area contributed by atoms with Crippen molar-refractivity contribution in [2.24, 2.45) is 0 Å². The fraction of sp³-hybridized carbons (Fsp3) is 0.214. The van der Waals surface area contributed by atoms with Gasteiger partial charge in [-0.25, -0.2) is 4.39 Å². The van der Waals surface area contributed by atoms with Crippen LogP contribution in [0, 0.1) is 12.7 Å². The summed E-state index contributed by atoms with van der Waals surface area (Å²) in [6, 6.07) is 7.12. The number of benzene rings is 1. The van der Waals surface area contributed by atoms with E-state index >= 15 is 0 Å². The summed E-state index contributed by atoms with van der Waals surface area (Å²) in [7, 11) is 0. The molecule has 5 heteroatoms. The van der Waals surface area contributed by atoms with Crippen molar-refractivity contribution in [1.82, 2.24) is 5.32 Å². The van der Waals surface area contributed by atoms with Crippen molar-refractivity contribution in [2.45, 2.75) is 19.9 Å². The summed E-state index contributed by atoms with van der Waals surface area (Å²) in [6.45, 7) is 3.86. The highest BCUT2D eigenvalue weighted by Gasteiger charge is 2.16. The third-order valence-electron chi connectivity index (χ3n) is 2.74. The molecule has 1 aromatic heterocycles. The largest absolute Gasteiger partial charge is 0.507 e. The molecule has 0 saturated heterocycles. The van der Waals surface area contributed by atoms with Gasteiger partial charge in [-0.3, -0.25) is 4.79 Å². The lowest BCUT2D eigenvalue weighted by molar-refractivity contribution is 0.0938. The van der Waals surface area contributed by atoms with Crippen molar-refractivity contribution in [3.05, 3.63) is 51.5 Å². The SMILES string of the molecule is Cc1ccc(C(C)NC(=O)c2ccc(F)cc2O)s1. The number of nitrogens with one attached hydrogen (secondary N) is 1. The van der Waals surface area contributed by atoms with Crippen LogP contribution in [-0.2, 0) is 0 Å². The highest BCUT2D eigenvalue weighted by Crippen LogP contribution is 2.24. The van der Waals surface area contributed by atoms with E-state index in [9.17, 15) is 14.3 Å². The quantitative estimate of drug-likeness (QED) is 0.904. The van der Waals surface area contributed by atoms with Crippen LogP contribution in [0.1, 0.15) is 33.1 Å². The van der Waals surface area contributed by atoms with E-state index < -0.39 is 11.7 Å². The van der Waals surface area contributed by atoms with E-state index in [4.69, 9.17) is 0 Å². The van der Waals surface area contributed by atoms with Crippen molar-refractivity contribution in [3.63, 3.8) is 0 Å². The number of aromatic hydroxyl groups is 1. The van der Waals surface area contributed by atoms with Gasteiger partial charge < -0.3 is 10.4 Å². The zero-order valence-electron chi connectivity index (χ0n) is 10.6. The highest BCUT2D eigenvalue weighted by molar-refractivity contribution is 7.12. The van der Waals surface area contributed by atoms with Crippen LogP contribution < -0.4 is 5.32 Å². The fourth-order valence-corrected chi connectivity index (χ4v) is 2.61. The van der Waals surface area contributed by atoms with E-state index in [0.29, 0.717) is 0 Å². The second kappa shape index (κ2) is 5.40. The summed E-state index contributed by atoms with van der Waals surface area (Å²) >= 11 is 1.60. The molecule has 100 valence electrons. The lowest BCUT2D eigenvalue weighted by atomic mass is 10.1. The van der Waals surface area contributed by atoms with Gasteiger partial charge in [0.25, 0.3) is 5.91 Å². The average molecular weight is 279 g/mol. The molecule has 0 aliphatic heterocycles. The Morgan fingerprint density at radius 3 is 2.68 bits per heavy atom. The van der Waals surface area contributed by atoms with Crippen LogP contribution in [0.4, 0.5) is 4.39 Å². The Morgan fingerprint density at radius 1 is 1.37 bits per heavy atom. The summed E-state index contributed by atoms with van der Waals surface area (Å²) in [5, 5.41) is 12.3. The summed E-state index contributed by atoms with van der Waals surface area (Å²) in [5.74, 6) is -1.35. The predicted octanol–water partition coefficient (Wildman–Crippen LogP) is 3.39. The molecule has 0 aliphatic carbocycles. The van der Waals surface area contributed by atoms with Crippen molar-refractivity contribution in [2.75, 3.05) is 0 Å². The van der Waals surface area contributed by atoms with Gasteiger partial charge in [0.1, 0.15) is 11.6 Å². The number of carbonyl (C=O) groups is 1. The fourth-order valence-electron chi connectivity index (χ4n) is 1.73. The Kier molecular flexibility index (Phi) is 3.85. The minimum Gasteiger partial charge on any atom is -0.507 e. The number of thiophene rings is 1. The first kappa shape index (κ1) is 13.5. The summed E-state index contributed by atoms with van der Waals surface area (Å²) in [5.41, 5.74) is 0.0709. The number of phenols is 1. The van der Waals surface area contributed by atoms with E-state index in [2.05, 4.69) is 5.32 Å². The minimum absolute atomic E-state index is 0.0709. The normalized spacial score (nSPS) is 12.2. The van der Waals surface area contributed by atoms with Gasteiger partial charge in [0.2, 0.25) is 0 Å². The van der Waals surface area contributed by atoms with Crippen LogP contribution in [0.15, 0.2) is 30.3 Å². The van der Waals surface area contributed by atoms with Gasteiger partial charge in [-0.1, -0.05) is 0 Å². The third-order valence-corrected chi connectivity index (χ3v) is 3.92. The van der Waals surface area contributed by atoms with E-state index in [1.165, 1.54) is 10.9 Å². The molecular weight excluding hydrogens is 265 g/mol. The minimum atomic E-state index is -0.573. The second-order valence-corrected chi connectivity index (χ2v) is 5.62. The first-order chi connectivity index (χ1) is 8.97. The lowest BCUT2D eigenvalue weighted by Crippen LogP contribution is -2.26. The maximum atomic E-state index is 12.9. The molecule has 1 heterocycles. The number of aryl methyl sites for hydroxylation is 1. The lowest BCUT2D eigenvalue weighted by Gasteiger charge is -2.13. The molecule has 2 rings (SSSR count). The maximum Gasteiger partial charge on any atom is 0.255 e. The second-order valence-electron chi connectivity index (χ2n) is 4.31. The number of halogens is 1. The van der Waals surface area contributed by atoms with Gasteiger partial charge >= 0.3 is 0 Å². The Labute approximate surface area is 114 Å². The molecule has 0 saturated carbocycles. The molecule has 0 aliphatic rings. The van der Waals surface area contributed by atoms with Gasteiger partial charge in [0, 0.05) is 15.8 Å². The summed E-state index contributed by atoms with van der Waals surface area (Å²) in [4.78, 5) is 14.2. The summed E-state index contributed by atoms with van der Waals surface area (Å²) < 4.78 is 12.9. The molecule has 3 nitrogen and oxygen atoms in total. The molecule has 1 aromatic carbocycles. The third kappa shape index (κ3) is 3.12. The summed E-state index contributed by atoms with van der Waals surface area (Å²) in [6.07, 6.45) is 0. The Balaban J connectivity index is 2.12. The zero-order chi connectivity index (χ0) is 14.0. The van der Waals surface area contributed by atoms with E-state index in [-0.39, 0.29) is 17.4 Å².